The van der Waals surface area contributed by atoms with Crippen LogP contribution in [0, 0.1) is 6.92 Å². The Bertz CT molecular complexity index is 953. The standard InChI is InChI=1S/C23H26N2O5/c1-15-7-9-16(10-8-15)19-14-20(18-13-17(29-2)11-12-21(18)30-3)25(24-19)22(26)5-4-6-23(27)28/h7-13,20H,4-6,14H2,1-3H3,(H,27,28)/t20-/m0/s1. The van der Waals surface area contributed by atoms with Gasteiger partial charge in [-0.2, -0.15) is 5.10 Å². The number of ether oxygens (including phenoxy) is 2. The van der Waals surface area contributed by atoms with E-state index in [1.165, 1.54) is 5.01 Å². The SMILES string of the molecule is COc1ccc(OC)c([C@@H]2CC(c3ccc(C)cc3)=NN2C(=O)CCCC(=O)O)c1. The number of carboxylic acids is 1. The number of rotatable bonds is 8. The molecule has 2 aromatic carbocycles. The molecule has 0 saturated carbocycles. The summed E-state index contributed by atoms with van der Waals surface area (Å²) < 4.78 is 10.9. The van der Waals surface area contributed by atoms with E-state index in [2.05, 4.69) is 5.10 Å². The number of carbonyl (C=O) groups is 2. The van der Waals surface area contributed by atoms with Gasteiger partial charge in [0.1, 0.15) is 11.5 Å². The van der Waals surface area contributed by atoms with Gasteiger partial charge < -0.3 is 14.6 Å². The number of amides is 1. The third-order valence-corrected chi connectivity index (χ3v) is 5.13. The molecule has 3 rings (SSSR count). The molecule has 1 aliphatic rings. The van der Waals surface area contributed by atoms with Crippen molar-refractivity contribution < 1.29 is 24.2 Å². The van der Waals surface area contributed by atoms with Crippen LogP contribution in [0.1, 0.15) is 48.4 Å². The molecular weight excluding hydrogens is 384 g/mol. The molecule has 7 heteroatoms. The maximum atomic E-state index is 12.9. The fourth-order valence-corrected chi connectivity index (χ4v) is 3.51. The third kappa shape index (κ3) is 4.79. The number of carboxylic acid groups (broad SMARTS) is 1. The summed E-state index contributed by atoms with van der Waals surface area (Å²) >= 11 is 0. The van der Waals surface area contributed by atoms with Crippen molar-refractivity contribution >= 4 is 17.6 Å². The van der Waals surface area contributed by atoms with Crippen molar-refractivity contribution in [3.05, 3.63) is 59.2 Å². The molecule has 1 amide bonds. The molecule has 1 atom stereocenters. The number of nitrogens with zero attached hydrogens (tertiary/aromatic N) is 2. The maximum absolute atomic E-state index is 12.9. The number of aliphatic carboxylic acids is 1. The minimum absolute atomic E-state index is 0.0543. The predicted octanol–water partition coefficient (Wildman–Crippen LogP) is 3.94. The second kappa shape index (κ2) is 9.43. The lowest BCUT2D eigenvalue weighted by atomic mass is 9.96. The van der Waals surface area contributed by atoms with Gasteiger partial charge in [0.25, 0.3) is 0 Å². The van der Waals surface area contributed by atoms with Crippen molar-refractivity contribution in [3.63, 3.8) is 0 Å². The number of hydrogen-bond donors (Lipinski definition) is 1. The van der Waals surface area contributed by atoms with E-state index in [0.717, 1.165) is 22.4 Å². The van der Waals surface area contributed by atoms with Gasteiger partial charge in [0.2, 0.25) is 5.91 Å². The fourth-order valence-electron chi connectivity index (χ4n) is 3.51. The first-order valence-electron chi connectivity index (χ1n) is 9.83. The Labute approximate surface area is 175 Å². The van der Waals surface area contributed by atoms with Crippen LogP contribution < -0.4 is 9.47 Å². The van der Waals surface area contributed by atoms with Gasteiger partial charge in [0, 0.05) is 24.8 Å². The second-order valence-corrected chi connectivity index (χ2v) is 7.23. The summed E-state index contributed by atoms with van der Waals surface area (Å²) in [4.78, 5) is 23.8. The summed E-state index contributed by atoms with van der Waals surface area (Å²) in [5.74, 6) is 0.171. The molecule has 0 unspecified atom stereocenters. The molecule has 0 aromatic heterocycles. The highest BCUT2D eigenvalue weighted by Gasteiger charge is 2.34. The van der Waals surface area contributed by atoms with Crippen LogP contribution in [-0.2, 0) is 9.59 Å². The molecule has 1 heterocycles. The summed E-state index contributed by atoms with van der Waals surface area (Å²) in [6.07, 6.45) is 0.848. The average molecular weight is 410 g/mol. The number of carbonyl (C=O) groups excluding carboxylic acids is 1. The molecule has 0 fully saturated rings. The average Bonchev–Trinajstić information content (AvgIpc) is 3.18. The molecule has 0 aliphatic carbocycles. The Morgan fingerprint density at radius 2 is 1.83 bits per heavy atom. The summed E-state index contributed by atoms with van der Waals surface area (Å²) in [6, 6.07) is 13.1. The third-order valence-electron chi connectivity index (χ3n) is 5.13. The summed E-state index contributed by atoms with van der Waals surface area (Å²) in [5, 5.41) is 15.0. The van der Waals surface area contributed by atoms with E-state index >= 15 is 0 Å². The van der Waals surface area contributed by atoms with E-state index in [0.29, 0.717) is 17.9 Å². The number of aryl methyl sites for hydroxylation is 1. The van der Waals surface area contributed by atoms with Crippen LogP contribution in [0.4, 0.5) is 0 Å². The van der Waals surface area contributed by atoms with Gasteiger partial charge in [-0.3, -0.25) is 9.59 Å². The highest BCUT2D eigenvalue weighted by Crippen LogP contribution is 2.39. The van der Waals surface area contributed by atoms with Crippen LogP contribution in [0.3, 0.4) is 0 Å². The minimum atomic E-state index is -0.918. The molecule has 30 heavy (non-hydrogen) atoms. The van der Waals surface area contributed by atoms with Crippen LogP contribution >= 0.6 is 0 Å². The smallest absolute Gasteiger partial charge is 0.303 e. The van der Waals surface area contributed by atoms with Gasteiger partial charge in [-0.1, -0.05) is 29.8 Å². The van der Waals surface area contributed by atoms with Crippen molar-refractivity contribution in [1.29, 1.82) is 0 Å². The fraction of sp³-hybridized carbons (Fsp3) is 0.348. The van der Waals surface area contributed by atoms with Gasteiger partial charge >= 0.3 is 5.97 Å². The molecule has 158 valence electrons. The van der Waals surface area contributed by atoms with Crippen molar-refractivity contribution in [2.75, 3.05) is 14.2 Å². The predicted molar refractivity (Wildman–Crippen MR) is 113 cm³/mol. The molecule has 2 aromatic rings. The Morgan fingerprint density at radius 3 is 2.47 bits per heavy atom. The first kappa shape index (κ1) is 21.4. The number of hydrogen-bond acceptors (Lipinski definition) is 5. The van der Waals surface area contributed by atoms with E-state index in [1.54, 1.807) is 20.3 Å². The molecule has 1 aliphatic heterocycles. The number of methoxy groups -OCH3 is 2. The molecule has 7 nitrogen and oxygen atoms in total. The van der Waals surface area contributed by atoms with Crippen molar-refractivity contribution in [1.82, 2.24) is 5.01 Å². The quantitative estimate of drug-likeness (QED) is 0.712. The zero-order chi connectivity index (χ0) is 21.7. The Balaban J connectivity index is 1.95. The summed E-state index contributed by atoms with van der Waals surface area (Å²) in [7, 11) is 3.17. The highest BCUT2D eigenvalue weighted by atomic mass is 16.5. The first-order valence-corrected chi connectivity index (χ1v) is 9.83. The van der Waals surface area contributed by atoms with E-state index in [4.69, 9.17) is 14.6 Å². The van der Waals surface area contributed by atoms with Crippen LogP contribution in [0.5, 0.6) is 11.5 Å². The zero-order valence-corrected chi connectivity index (χ0v) is 17.4. The van der Waals surface area contributed by atoms with E-state index in [9.17, 15) is 9.59 Å². The largest absolute Gasteiger partial charge is 0.497 e. The molecule has 0 saturated heterocycles. The lowest BCUT2D eigenvalue weighted by Crippen LogP contribution is -2.27. The monoisotopic (exact) mass is 410 g/mol. The molecule has 0 spiro atoms. The van der Waals surface area contributed by atoms with E-state index in [-0.39, 0.29) is 31.2 Å². The topological polar surface area (TPSA) is 88.4 Å². The van der Waals surface area contributed by atoms with E-state index in [1.807, 2.05) is 43.3 Å². The van der Waals surface area contributed by atoms with Gasteiger partial charge in [-0.25, -0.2) is 5.01 Å². The van der Waals surface area contributed by atoms with Gasteiger partial charge in [0.05, 0.1) is 26.0 Å². The maximum Gasteiger partial charge on any atom is 0.303 e. The van der Waals surface area contributed by atoms with Crippen molar-refractivity contribution in [2.45, 2.75) is 38.6 Å². The second-order valence-electron chi connectivity index (χ2n) is 7.23. The highest BCUT2D eigenvalue weighted by molar-refractivity contribution is 6.03. The lowest BCUT2D eigenvalue weighted by Gasteiger charge is -2.24. The van der Waals surface area contributed by atoms with E-state index < -0.39 is 5.97 Å². The van der Waals surface area contributed by atoms with Gasteiger partial charge in [0.15, 0.2) is 0 Å². The number of benzene rings is 2. The zero-order valence-electron chi connectivity index (χ0n) is 17.4. The Morgan fingerprint density at radius 1 is 1.10 bits per heavy atom. The normalized spacial score (nSPS) is 15.6. The lowest BCUT2D eigenvalue weighted by molar-refractivity contribution is -0.137. The van der Waals surface area contributed by atoms with Gasteiger partial charge in [-0.05, 0) is 37.1 Å². The number of hydrazone groups is 1. The molecule has 1 N–H and O–H groups in total. The van der Waals surface area contributed by atoms with Gasteiger partial charge in [-0.15, -0.1) is 0 Å². The van der Waals surface area contributed by atoms with Crippen LogP contribution in [0.15, 0.2) is 47.6 Å². The molecule has 0 radical (unpaired) electrons. The summed E-state index contributed by atoms with van der Waals surface area (Å²) in [6.45, 7) is 2.02. The van der Waals surface area contributed by atoms with Crippen LogP contribution in [-0.4, -0.2) is 41.9 Å². The van der Waals surface area contributed by atoms with Crippen molar-refractivity contribution in [2.24, 2.45) is 5.10 Å². The summed E-state index contributed by atoms with van der Waals surface area (Å²) in [5.41, 5.74) is 3.70. The first-order chi connectivity index (χ1) is 14.4. The molecule has 0 bridgehead atoms. The minimum Gasteiger partial charge on any atom is -0.497 e. The Kier molecular flexibility index (Phi) is 6.72. The van der Waals surface area contributed by atoms with Crippen LogP contribution in [0.25, 0.3) is 0 Å². The molecular formula is C23H26N2O5. The van der Waals surface area contributed by atoms with Crippen molar-refractivity contribution in [3.8, 4) is 11.5 Å². The van der Waals surface area contributed by atoms with Crippen LogP contribution in [0.2, 0.25) is 0 Å². The Hall–Kier alpha value is -3.35.